The quantitative estimate of drug-likeness (QED) is 0.587. The van der Waals surface area contributed by atoms with Crippen molar-refractivity contribution in [1.82, 2.24) is 4.90 Å². The van der Waals surface area contributed by atoms with Crippen molar-refractivity contribution in [3.05, 3.63) is 0 Å². The molecule has 0 saturated carbocycles. The van der Waals surface area contributed by atoms with Crippen LogP contribution in [-0.4, -0.2) is 37.4 Å². The Balaban J connectivity index is 2.35. The number of hydrogen-bond donors (Lipinski definition) is 0. The van der Waals surface area contributed by atoms with Crippen LogP contribution in [0.2, 0.25) is 0 Å². The lowest BCUT2D eigenvalue weighted by molar-refractivity contribution is 0.157. The maximum atomic E-state index is 5.03. The third kappa shape index (κ3) is 3.22. The second-order valence-electron chi connectivity index (χ2n) is 3.23. The largest absolute Gasteiger partial charge is 0.396 e. The highest BCUT2D eigenvalue weighted by atomic mass is 16.6. The molecule has 1 aliphatic rings. The molecule has 0 radical (unpaired) electrons. The molecule has 0 aromatic carbocycles. The summed E-state index contributed by atoms with van der Waals surface area (Å²) in [6, 6.07) is 0. The van der Waals surface area contributed by atoms with Crippen molar-refractivity contribution >= 4 is 5.71 Å². The van der Waals surface area contributed by atoms with Gasteiger partial charge >= 0.3 is 0 Å². The molecule has 0 spiro atoms. The predicted molar refractivity (Wildman–Crippen MR) is 50.4 cm³/mol. The van der Waals surface area contributed by atoms with Gasteiger partial charge in [0.05, 0.1) is 5.71 Å². The second kappa shape index (κ2) is 5.14. The number of rotatable bonds is 2. The van der Waals surface area contributed by atoms with E-state index in [0.29, 0.717) is 6.61 Å². The molecule has 3 nitrogen and oxygen atoms in total. The Morgan fingerprint density at radius 1 is 1.42 bits per heavy atom. The van der Waals surface area contributed by atoms with Crippen molar-refractivity contribution in [3.8, 4) is 0 Å². The van der Waals surface area contributed by atoms with Crippen LogP contribution in [0.5, 0.6) is 0 Å². The van der Waals surface area contributed by atoms with Crippen molar-refractivity contribution in [2.75, 3.05) is 26.7 Å². The van der Waals surface area contributed by atoms with Gasteiger partial charge in [-0.25, -0.2) is 0 Å². The van der Waals surface area contributed by atoms with Crippen LogP contribution in [-0.2, 0) is 4.84 Å². The fourth-order valence-electron chi connectivity index (χ4n) is 1.36. The van der Waals surface area contributed by atoms with E-state index in [0.717, 1.165) is 19.4 Å². The first kappa shape index (κ1) is 9.52. The molecule has 0 aromatic heterocycles. The van der Waals surface area contributed by atoms with Gasteiger partial charge in [0.25, 0.3) is 0 Å². The summed E-state index contributed by atoms with van der Waals surface area (Å²) in [5.74, 6) is 0. The first-order valence-corrected chi connectivity index (χ1v) is 4.69. The monoisotopic (exact) mass is 170 g/mol. The maximum Gasteiger partial charge on any atom is 0.114 e. The molecule has 0 atom stereocenters. The standard InChI is InChI=1S/C9H18N2O/c1-3-12-10-9-5-4-7-11(2)8-6-9/h3-8H2,1-2H3/b10-9-. The second-order valence-corrected chi connectivity index (χ2v) is 3.23. The molecule has 0 N–H and O–H groups in total. The molecule has 1 fully saturated rings. The van der Waals surface area contributed by atoms with Crippen LogP contribution in [0.25, 0.3) is 0 Å². The summed E-state index contributed by atoms with van der Waals surface area (Å²) in [5, 5.41) is 4.09. The van der Waals surface area contributed by atoms with Crippen molar-refractivity contribution in [2.45, 2.75) is 26.2 Å². The summed E-state index contributed by atoms with van der Waals surface area (Å²) < 4.78 is 0. The Morgan fingerprint density at radius 2 is 2.25 bits per heavy atom. The summed E-state index contributed by atoms with van der Waals surface area (Å²) in [5.41, 5.74) is 1.22. The van der Waals surface area contributed by atoms with Crippen LogP contribution >= 0.6 is 0 Å². The van der Waals surface area contributed by atoms with Gasteiger partial charge in [0.1, 0.15) is 6.61 Å². The molecular formula is C9H18N2O. The molecule has 12 heavy (non-hydrogen) atoms. The van der Waals surface area contributed by atoms with Crippen LogP contribution in [0, 0.1) is 0 Å². The average Bonchev–Trinajstić information content (AvgIpc) is 2.27. The minimum Gasteiger partial charge on any atom is -0.396 e. The Morgan fingerprint density at radius 3 is 3.00 bits per heavy atom. The van der Waals surface area contributed by atoms with Gasteiger partial charge in [-0.3, -0.25) is 0 Å². The topological polar surface area (TPSA) is 24.8 Å². The molecule has 1 rings (SSSR count). The zero-order chi connectivity index (χ0) is 8.81. The van der Waals surface area contributed by atoms with E-state index in [-0.39, 0.29) is 0 Å². The van der Waals surface area contributed by atoms with Gasteiger partial charge in [-0.2, -0.15) is 0 Å². The van der Waals surface area contributed by atoms with E-state index in [4.69, 9.17) is 4.84 Å². The van der Waals surface area contributed by atoms with Crippen molar-refractivity contribution in [2.24, 2.45) is 5.16 Å². The van der Waals surface area contributed by atoms with E-state index in [1.807, 2.05) is 6.92 Å². The zero-order valence-electron chi connectivity index (χ0n) is 8.05. The van der Waals surface area contributed by atoms with Crippen molar-refractivity contribution in [3.63, 3.8) is 0 Å². The summed E-state index contributed by atoms with van der Waals surface area (Å²) in [6.07, 6.45) is 3.38. The molecule has 1 heterocycles. The number of oxime groups is 1. The Hall–Kier alpha value is -0.570. The first-order chi connectivity index (χ1) is 5.83. The molecule has 0 bridgehead atoms. The third-order valence-electron chi connectivity index (χ3n) is 2.11. The predicted octanol–water partition coefficient (Wildman–Crippen LogP) is 1.49. The molecule has 70 valence electrons. The molecule has 0 aliphatic carbocycles. The summed E-state index contributed by atoms with van der Waals surface area (Å²) >= 11 is 0. The van der Waals surface area contributed by atoms with E-state index in [2.05, 4.69) is 17.1 Å². The Bertz CT molecular complexity index is 157. The van der Waals surface area contributed by atoms with Crippen molar-refractivity contribution in [1.29, 1.82) is 0 Å². The normalized spacial score (nSPS) is 24.0. The van der Waals surface area contributed by atoms with Crippen LogP contribution < -0.4 is 0 Å². The van der Waals surface area contributed by atoms with Gasteiger partial charge in [-0.05, 0) is 33.4 Å². The van der Waals surface area contributed by atoms with Crippen LogP contribution in [0.15, 0.2) is 5.16 Å². The van der Waals surface area contributed by atoms with Gasteiger partial charge < -0.3 is 9.74 Å². The van der Waals surface area contributed by atoms with Gasteiger partial charge in [0.2, 0.25) is 0 Å². The Labute approximate surface area is 74.4 Å². The molecule has 0 unspecified atom stereocenters. The van der Waals surface area contributed by atoms with E-state index < -0.39 is 0 Å². The van der Waals surface area contributed by atoms with Crippen LogP contribution in [0.4, 0.5) is 0 Å². The fourth-order valence-corrected chi connectivity index (χ4v) is 1.36. The van der Waals surface area contributed by atoms with E-state index in [9.17, 15) is 0 Å². The summed E-state index contributed by atoms with van der Waals surface area (Å²) in [4.78, 5) is 7.37. The van der Waals surface area contributed by atoms with Gasteiger partial charge in [0.15, 0.2) is 0 Å². The lowest BCUT2D eigenvalue weighted by atomic mass is 10.2. The lowest BCUT2D eigenvalue weighted by Gasteiger charge is -2.10. The summed E-state index contributed by atoms with van der Waals surface area (Å²) in [7, 11) is 2.16. The summed E-state index contributed by atoms with van der Waals surface area (Å²) in [6.45, 7) is 4.95. The first-order valence-electron chi connectivity index (χ1n) is 4.69. The third-order valence-corrected chi connectivity index (χ3v) is 2.11. The lowest BCUT2D eigenvalue weighted by Crippen LogP contribution is -2.18. The number of nitrogens with zero attached hydrogens (tertiary/aromatic N) is 2. The molecule has 1 aliphatic heterocycles. The fraction of sp³-hybridized carbons (Fsp3) is 0.889. The highest BCUT2D eigenvalue weighted by molar-refractivity contribution is 5.84. The van der Waals surface area contributed by atoms with E-state index in [1.165, 1.54) is 18.7 Å². The molecule has 0 amide bonds. The van der Waals surface area contributed by atoms with Crippen molar-refractivity contribution < 1.29 is 4.84 Å². The van der Waals surface area contributed by atoms with E-state index >= 15 is 0 Å². The highest BCUT2D eigenvalue weighted by Crippen LogP contribution is 2.06. The maximum absolute atomic E-state index is 5.03. The SMILES string of the molecule is CCO/N=C1/CCCN(C)CC1. The molecule has 3 heteroatoms. The van der Waals surface area contributed by atoms with Gasteiger partial charge in [0, 0.05) is 13.0 Å². The highest BCUT2D eigenvalue weighted by Gasteiger charge is 2.09. The number of likely N-dealkylation sites (tertiary alicyclic amines) is 1. The van der Waals surface area contributed by atoms with Gasteiger partial charge in [-0.15, -0.1) is 0 Å². The molecule has 1 saturated heterocycles. The van der Waals surface area contributed by atoms with E-state index in [1.54, 1.807) is 0 Å². The van der Waals surface area contributed by atoms with Crippen LogP contribution in [0.3, 0.4) is 0 Å². The minimum absolute atomic E-state index is 0.680. The molecule has 0 aromatic rings. The number of hydrogen-bond acceptors (Lipinski definition) is 3. The smallest absolute Gasteiger partial charge is 0.114 e. The minimum atomic E-state index is 0.680. The van der Waals surface area contributed by atoms with Crippen LogP contribution in [0.1, 0.15) is 26.2 Å². The Kier molecular flexibility index (Phi) is 4.08. The molecular weight excluding hydrogens is 152 g/mol. The average molecular weight is 170 g/mol. The zero-order valence-corrected chi connectivity index (χ0v) is 8.05. The van der Waals surface area contributed by atoms with Gasteiger partial charge in [-0.1, -0.05) is 5.16 Å².